The minimum Gasteiger partial charge on any atom is -0.348 e. The van der Waals surface area contributed by atoms with Crippen LogP contribution >= 0.6 is 0 Å². The van der Waals surface area contributed by atoms with Gasteiger partial charge in [0.1, 0.15) is 29.3 Å². The molecule has 0 unspecified atom stereocenters. The third-order valence-electron chi connectivity index (χ3n) is 9.62. The maximum absolute atomic E-state index is 15.8. The number of amides is 2. The van der Waals surface area contributed by atoms with Crippen LogP contribution < -0.4 is 5.32 Å². The van der Waals surface area contributed by atoms with Gasteiger partial charge in [0.2, 0.25) is 5.91 Å². The number of alkyl halides is 5. The second-order valence-electron chi connectivity index (χ2n) is 14.3. The van der Waals surface area contributed by atoms with Gasteiger partial charge in [0, 0.05) is 49.7 Å². The Morgan fingerprint density at radius 3 is 2.45 bits per heavy atom. The summed E-state index contributed by atoms with van der Waals surface area (Å²) in [5.41, 5.74) is -2.40. The molecule has 5 aromatic heterocycles. The Morgan fingerprint density at radius 2 is 1.79 bits per heavy atom. The second kappa shape index (κ2) is 14.7. The van der Waals surface area contributed by atoms with Crippen LogP contribution in [0.1, 0.15) is 59.0 Å². The third-order valence-corrected chi connectivity index (χ3v) is 9.62. The molecule has 1 N–H and O–H groups in total. The highest BCUT2D eigenvalue weighted by molar-refractivity contribution is 6.02. The molecule has 0 saturated heterocycles. The summed E-state index contributed by atoms with van der Waals surface area (Å²) >= 11 is 0. The number of benzene rings is 1. The fourth-order valence-corrected chi connectivity index (χ4v) is 6.95. The Labute approximate surface area is 323 Å². The molecule has 0 saturated carbocycles. The first-order valence-corrected chi connectivity index (χ1v) is 17.5. The zero-order chi connectivity index (χ0) is 41.8. The van der Waals surface area contributed by atoms with Crippen molar-refractivity contribution in [2.45, 2.75) is 64.5 Å². The van der Waals surface area contributed by atoms with E-state index < -0.39 is 59.1 Å². The standard InChI is InChI=1S/C37H31F7N12O2/c1-18-46-14-21(15-47-18)25-11-28(37(42,43)44)51-56(25)17-36(2,3)50-33(57)27(9-19-13-48-55(16-19)35(40)41)54-8-7-22-23(5-6-24(38)29(22)34(54)58)30-20(12-45)10-26-31(49-30)32(39)52-53(26)4/h5-6,10-11,13-16,27,35H,7-9,17H2,1-4H3,(H,50,57)/t27-/m1/s1. The van der Waals surface area contributed by atoms with E-state index in [1.54, 1.807) is 6.92 Å². The Morgan fingerprint density at radius 1 is 1.07 bits per heavy atom. The maximum Gasteiger partial charge on any atom is 0.435 e. The van der Waals surface area contributed by atoms with Gasteiger partial charge in [0.05, 0.1) is 46.3 Å². The van der Waals surface area contributed by atoms with E-state index >= 15 is 4.39 Å². The average Bonchev–Trinajstić information content (AvgIpc) is 3.88. The summed E-state index contributed by atoms with van der Waals surface area (Å²) in [5.74, 6) is -3.33. The van der Waals surface area contributed by atoms with Crippen molar-refractivity contribution in [2.75, 3.05) is 6.54 Å². The number of carbonyl (C=O) groups excluding carboxylic acids is 2. The third kappa shape index (κ3) is 7.44. The molecule has 0 radical (unpaired) electrons. The zero-order valence-corrected chi connectivity index (χ0v) is 31.0. The Balaban J connectivity index is 1.24. The van der Waals surface area contributed by atoms with Crippen molar-refractivity contribution in [1.29, 1.82) is 5.26 Å². The van der Waals surface area contributed by atoms with Gasteiger partial charge in [-0.1, -0.05) is 0 Å². The number of nitriles is 1. The fraction of sp³-hybridized carbons (Fsp3) is 0.324. The molecule has 0 bridgehead atoms. The van der Waals surface area contributed by atoms with Crippen LogP contribution in [0.3, 0.4) is 0 Å². The Hall–Kier alpha value is -6.72. The van der Waals surface area contributed by atoms with Crippen LogP contribution in [0.4, 0.5) is 30.7 Å². The number of nitrogens with zero attached hydrogens (tertiary/aromatic N) is 11. The van der Waals surface area contributed by atoms with Gasteiger partial charge in [0.15, 0.2) is 5.69 Å². The summed E-state index contributed by atoms with van der Waals surface area (Å²) in [4.78, 5) is 42.2. The number of nitrogens with one attached hydrogen (secondary N) is 1. The van der Waals surface area contributed by atoms with Crippen molar-refractivity contribution in [2.24, 2.45) is 7.05 Å². The van der Waals surface area contributed by atoms with Gasteiger partial charge in [-0.05, 0) is 62.6 Å². The van der Waals surface area contributed by atoms with E-state index in [1.165, 1.54) is 50.1 Å². The van der Waals surface area contributed by atoms with Crippen molar-refractivity contribution in [3.05, 3.63) is 94.6 Å². The SMILES string of the molecule is Cc1ncc(-c2cc(C(F)(F)F)nn2CC(C)(C)NC(=O)[C@@H](Cc2cnn(C(F)F)c2)N2CCc3c(-c4nc5c(F)nn(C)c5cc4C#N)ccc(F)c3C2=O)cn1. The topological polar surface area (TPSA) is 165 Å². The molecule has 1 aromatic carbocycles. The van der Waals surface area contributed by atoms with Gasteiger partial charge in [-0.3, -0.25) is 19.0 Å². The van der Waals surface area contributed by atoms with E-state index in [4.69, 9.17) is 0 Å². The predicted molar refractivity (Wildman–Crippen MR) is 190 cm³/mol. The van der Waals surface area contributed by atoms with Crippen LogP contribution in [-0.2, 0) is 37.4 Å². The highest BCUT2D eigenvalue weighted by atomic mass is 19.4. The van der Waals surface area contributed by atoms with E-state index in [0.29, 0.717) is 10.5 Å². The number of aryl methyl sites for hydroxylation is 2. The van der Waals surface area contributed by atoms with E-state index in [9.17, 15) is 41.2 Å². The normalized spacial score (nSPS) is 13.9. The molecular weight excluding hydrogens is 777 g/mol. The van der Waals surface area contributed by atoms with E-state index in [2.05, 4.69) is 35.6 Å². The number of carbonyl (C=O) groups is 2. The number of halogens is 7. The quantitative estimate of drug-likeness (QED) is 0.175. The molecule has 300 valence electrons. The van der Waals surface area contributed by atoms with Crippen LogP contribution in [0.2, 0.25) is 0 Å². The fourth-order valence-electron chi connectivity index (χ4n) is 6.95. The summed E-state index contributed by atoms with van der Waals surface area (Å²) in [6.07, 6.45) is -0.561. The lowest BCUT2D eigenvalue weighted by Crippen LogP contribution is -2.58. The van der Waals surface area contributed by atoms with Gasteiger partial charge in [-0.2, -0.15) is 41.8 Å². The van der Waals surface area contributed by atoms with Crippen LogP contribution in [0.5, 0.6) is 0 Å². The first-order chi connectivity index (χ1) is 27.3. The van der Waals surface area contributed by atoms with Gasteiger partial charge >= 0.3 is 12.7 Å². The van der Waals surface area contributed by atoms with E-state index in [1.807, 2.05) is 6.07 Å². The van der Waals surface area contributed by atoms with Gasteiger partial charge < -0.3 is 10.2 Å². The first kappa shape index (κ1) is 39.5. The number of hydrogen-bond donors (Lipinski definition) is 1. The van der Waals surface area contributed by atoms with Crippen molar-refractivity contribution in [1.82, 2.24) is 54.5 Å². The smallest absolute Gasteiger partial charge is 0.348 e. The lowest BCUT2D eigenvalue weighted by Gasteiger charge is -2.37. The van der Waals surface area contributed by atoms with Crippen LogP contribution in [0.25, 0.3) is 33.5 Å². The molecule has 7 rings (SSSR count). The highest BCUT2D eigenvalue weighted by Gasteiger charge is 2.40. The van der Waals surface area contributed by atoms with Crippen LogP contribution in [-0.4, -0.2) is 79.1 Å². The number of hydrogen-bond acceptors (Lipinski definition) is 9. The minimum absolute atomic E-state index is 0.000771. The molecule has 1 atom stereocenters. The molecule has 1 aliphatic rings. The highest BCUT2D eigenvalue weighted by Crippen LogP contribution is 2.36. The van der Waals surface area contributed by atoms with Crippen molar-refractivity contribution < 1.29 is 40.3 Å². The molecule has 0 fully saturated rings. The lowest BCUT2D eigenvalue weighted by molar-refractivity contribution is -0.141. The molecule has 14 nitrogen and oxygen atoms in total. The monoisotopic (exact) mass is 808 g/mol. The Kier molecular flexibility index (Phi) is 9.98. The lowest BCUT2D eigenvalue weighted by atomic mass is 9.89. The number of rotatable bonds is 10. The van der Waals surface area contributed by atoms with Crippen molar-refractivity contribution in [3.8, 4) is 28.6 Å². The minimum atomic E-state index is -4.82. The largest absolute Gasteiger partial charge is 0.435 e. The van der Waals surface area contributed by atoms with E-state index in [0.717, 1.165) is 34.1 Å². The number of pyridine rings is 1. The summed E-state index contributed by atoms with van der Waals surface area (Å²) < 4.78 is 102. The predicted octanol–water partition coefficient (Wildman–Crippen LogP) is 5.56. The molecule has 21 heteroatoms. The second-order valence-corrected chi connectivity index (χ2v) is 14.3. The number of fused-ring (bicyclic) bond motifs is 2. The molecular formula is C37H31F7N12O2. The zero-order valence-electron chi connectivity index (χ0n) is 31.0. The maximum atomic E-state index is 15.8. The molecule has 0 spiro atoms. The van der Waals surface area contributed by atoms with Crippen LogP contribution in [0, 0.1) is 30.0 Å². The molecule has 6 aromatic rings. The summed E-state index contributed by atoms with van der Waals surface area (Å²) in [6.45, 7) is 1.03. The average molecular weight is 809 g/mol. The molecule has 1 aliphatic heterocycles. The Bertz CT molecular complexity index is 2620. The van der Waals surface area contributed by atoms with Gasteiger partial charge in [0.25, 0.3) is 11.9 Å². The summed E-state index contributed by atoms with van der Waals surface area (Å²) in [5, 5.41) is 23.8. The number of aromatic nitrogens is 9. The van der Waals surface area contributed by atoms with Gasteiger partial charge in [-0.15, -0.1) is 5.10 Å². The van der Waals surface area contributed by atoms with Crippen molar-refractivity contribution >= 4 is 22.8 Å². The van der Waals surface area contributed by atoms with Crippen LogP contribution in [0.15, 0.2) is 49.1 Å². The summed E-state index contributed by atoms with van der Waals surface area (Å²) in [6, 6.07) is 4.99. The van der Waals surface area contributed by atoms with Gasteiger partial charge in [-0.25, -0.2) is 24.0 Å². The molecule has 0 aliphatic carbocycles. The first-order valence-electron chi connectivity index (χ1n) is 17.5. The van der Waals surface area contributed by atoms with E-state index in [-0.39, 0.29) is 76.2 Å². The molecule has 2 amide bonds. The molecule has 6 heterocycles. The summed E-state index contributed by atoms with van der Waals surface area (Å²) in [7, 11) is 1.46. The molecule has 58 heavy (non-hydrogen) atoms. The van der Waals surface area contributed by atoms with Crippen molar-refractivity contribution in [3.63, 3.8) is 0 Å².